The van der Waals surface area contributed by atoms with Crippen molar-refractivity contribution < 1.29 is 28.5 Å². The minimum Gasteiger partial charge on any atom is -0.504 e. The maximum absolute atomic E-state index is 12.6. The Morgan fingerprint density at radius 1 is 1.37 bits per heavy atom. The van der Waals surface area contributed by atoms with Crippen molar-refractivity contribution in [3.05, 3.63) is 35.2 Å². The van der Waals surface area contributed by atoms with Crippen LogP contribution in [0.5, 0.6) is 5.75 Å². The fraction of sp³-hybridized carbons (Fsp3) is 0.350. The Balaban J connectivity index is 1.66. The van der Waals surface area contributed by atoms with Crippen LogP contribution in [0.15, 0.2) is 27.7 Å². The molecule has 0 atom stereocenters. The van der Waals surface area contributed by atoms with Crippen molar-refractivity contribution in [2.75, 3.05) is 52.1 Å². The van der Waals surface area contributed by atoms with Gasteiger partial charge in [-0.15, -0.1) is 0 Å². The first-order valence-electron chi connectivity index (χ1n) is 9.49. The summed E-state index contributed by atoms with van der Waals surface area (Å²) in [6.07, 6.45) is 4.90. The van der Waals surface area contributed by atoms with E-state index < -0.39 is 5.97 Å². The highest BCUT2D eigenvalue weighted by Gasteiger charge is 2.28. The number of methoxy groups -OCH3 is 1. The SMILES string of the molecule is COCCOC(=O)c1c(NN2CCOCC2)oc(C=C2C=Nc3ncccc32)c1O. The maximum Gasteiger partial charge on any atom is 0.347 e. The number of aromatic nitrogens is 1. The van der Waals surface area contributed by atoms with Crippen LogP contribution in [0.25, 0.3) is 11.6 Å². The van der Waals surface area contributed by atoms with Gasteiger partial charge in [-0.25, -0.2) is 19.8 Å². The first kappa shape index (κ1) is 20.1. The van der Waals surface area contributed by atoms with Gasteiger partial charge >= 0.3 is 5.97 Å². The lowest BCUT2D eigenvalue weighted by molar-refractivity contribution is 0.0382. The Bertz CT molecular complexity index is 978. The molecule has 10 nitrogen and oxygen atoms in total. The molecule has 0 unspecified atom stereocenters. The van der Waals surface area contributed by atoms with E-state index in [4.69, 9.17) is 18.6 Å². The van der Waals surface area contributed by atoms with E-state index in [2.05, 4.69) is 15.4 Å². The van der Waals surface area contributed by atoms with Crippen LogP contribution in [-0.4, -0.2) is 73.9 Å². The van der Waals surface area contributed by atoms with E-state index >= 15 is 0 Å². The minimum absolute atomic E-state index is 0.0546. The summed E-state index contributed by atoms with van der Waals surface area (Å²) in [5, 5.41) is 12.6. The topological polar surface area (TPSA) is 119 Å². The number of hydrogen-bond donors (Lipinski definition) is 2. The van der Waals surface area contributed by atoms with Gasteiger partial charge in [-0.2, -0.15) is 0 Å². The molecule has 0 radical (unpaired) electrons. The van der Waals surface area contributed by atoms with E-state index in [-0.39, 0.29) is 36.2 Å². The molecule has 2 aliphatic rings. The smallest absolute Gasteiger partial charge is 0.347 e. The number of aromatic hydroxyl groups is 1. The predicted molar refractivity (Wildman–Crippen MR) is 109 cm³/mol. The van der Waals surface area contributed by atoms with Crippen molar-refractivity contribution in [2.45, 2.75) is 0 Å². The number of allylic oxidation sites excluding steroid dienone is 1. The number of morpholine rings is 1. The fourth-order valence-electron chi connectivity index (χ4n) is 3.10. The third kappa shape index (κ3) is 4.20. The number of furan rings is 1. The molecule has 2 aliphatic heterocycles. The van der Waals surface area contributed by atoms with Gasteiger partial charge < -0.3 is 23.7 Å². The highest BCUT2D eigenvalue weighted by atomic mass is 16.6. The van der Waals surface area contributed by atoms with Crippen molar-refractivity contribution in [3.8, 4) is 5.75 Å². The highest BCUT2D eigenvalue weighted by molar-refractivity contribution is 6.21. The normalized spacial score (nSPS) is 17.3. The number of ether oxygens (including phenoxy) is 3. The van der Waals surface area contributed by atoms with Crippen LogP contribution in [0.1, 0.15) is 21.7 Å². The van der Waals surface area contributed by atoms with E-state index in [9.17, 15) is 9.90 Å². The van der Waals surface area contributed by atoms with Gasteiger partial charge in [0.15, 0.2) is 22.9 Å². The monoisotopic (exact) mass is 414 g/mol. The number of aliphatic imine (C=N–C) groups is 1. The third-order valence-electron chi connectivity index (χ3n) is 4.61. The zero-order chi connectivity index (χ0) is 20.9. The molecule has 10 heteroatoms. The molecule has 2 N–H and O–H groups in total. The van der Waals surface area contributed by atoms with Crippen LogP contribution in [0.2, 0.25) is 0 Å². The van der Waals surface area contributed by atoms with Crippen molar-refractivity contribution in [3.63, 3.8) is 0 Å². The second-order valence-electron chi connectivity index (χ2n) is 6.59. The number of hydrogen-bond acceptors (Lipinski definition) is 10. The Morgan fingerprint density at radius 2 is 2.20 bits per heavy atom. The molecule has 0 saturated carbocycles. The number of anilines is 1. The van der Waals surface area contributed by atoms with E-state index in [1.165, 1.54) is 7.11 Å². The first-order valence-corrected chi connectivity index (χ1v) is 9.49. The molecular weight excluding hydrogens is 392 g/mol. The molecular formula is C20H22N4O6. The van der Waals surface area contributed by atoms with E-state index in [1.807, 2.05) is 11.1 Å². The van der Waals surface area contributed by atoms with Crippen LogP contribution in [0.4, 0.5) is 11.7 Å². The molecule has 2 aromatic rings. The van der Waals surface area contributed by atoms with E-state index in [1.54, 1.807) is 24.6 Å². The zero-order valence-electron chi connectivity index (χ0n) is 16.5. The molecule has 30 heavy (non-hydrogen) atoms. The number of carbonyl (C=O) groups is 1. The van der Waals surface area contributed by atoms with Crippen LogP contribution in [-0.2, 0) is 14.2 Å². The highest BCUT2D eigenvalue weighted by Crippen LogP contribution is 2.38. The zero-order valence-corrected chi connectivity index (χ0v) is 16.5. The Labute approximate surface area is 172 Å². The lowest BCUT2D eigenvalue weighted by Gasteiger charge is -2.26. The molecule has 0 amide bonds. The van der Waals surface area contributed by atoms with Crippen LogP contribution in [0, 0.1) is 0 Å². The van der Waals surface area contributed by atoms with Gasteiger partial charge in [0.1, 0.15) is 6.61 Å². The second kappa shape index (κ2) is 9.08. The molecule has 158 valence electrons. The standard InChI is InChI=1S/C20H22N4O6/c1-27-9-10-29-20(26)16-17(25)15(30-19(16)23-24-5-7-28-8-6-24)11-13-12-22-18-14(13)3-2-4-21-18/h2-4,11-12,23,25H,5-10H2,1H3. The molecule has 4 rings (SSSR count). The van der Waals surface area contributed by atoms with Crippen molar-refractivity contribution in [2.24, 2.45) is 4.99 Å². The first-order chi connectivity index (χ1) is 14.7. The largest absolute Gasteiger partial charge is 0.504 e. The predicted octanol–water partition coefficient (Wildman–Crippen LogP) is 2.10. The Hall–Kier alpha value is -3.21. The summed E-state index contributed by atoms with van der Waals surface area (Å²) in [7, 11) is 1.51. The van der Waals surface area contributed by atoms with E-state index in [0.29, 0.717) is 37.7 Å². The average Bonchev–Trinajstić information content (AvgIpc) is 3.30. The summed E-state index contributed by atoms with van der Waals surface area (Å²) < 4.78 is 21.3. The summed E-state index contributed by atoms with van der Waals surface area (Å²) in [6.45, 7) is 2.59. The van der Waals surface area contributed by atoms with Crippen LogP contribution in [0.3, 0.4) is 0 Å². The summed E-state index contributed by atoms with van der Waals surface area (Å²) in [5.41, 5.74) is 4.48. The summed E-state index contributed by atoms with van der Waals surface area (Å²) in [6, 6.07) is 3.67. The molecule has 0 bridgehead atoms. The van der Waals surface area contributed by atoms with Crippen molar-refractivity contribution in [1.82, 2.24) is 9.99 Å². The van der Waals surface area contributed by atoms with Gasteiger partial charge in [-0.1, -0.05) is 0 Å². The summed E-state index contributed by atoms with van der Waals surface area (Å²) in [5.74, 6) is -0.226. The molecule has 4 heterocycles. The van der Waals surface area contributed by atoms with Gasteiger partial charge in [0, 0.05) is 43.7 Å². The molecule has 0 aliphatic carbocycles. The van der Waals surface area contributed by atoms with Crippen molar-refractivity contribution in [1.29, 1.82) is 0 Å². The Kier molecular flexibility index (Phi) is 6.07. The number of pyridine rings is 1. The third-order valence-corrected chi connectivity index (χ3v) is 4.61. The number of hydrazine groups is 1. The summed E-state index contributed by atoms with van der Waals surface area (Å²) in [4.78, 5) is 21.1. The molecule has 1 fully saturated rings. The van der Waals surface area contributed by atoms with Crippen LogP contribution < -0.4 is 5.43 Å². The van der Waals surface area contributed by atoms with Crippen LogP contribution >= 0.6 is 0 Å². The lowest BCUT2D eigenvalue weighted by atomic mass is 10.1. The van der Waals surface area contributed by atoms with Gasteiger partial charge in [0.2, 0.25) is 5.88 Å². The van der Waals surface area contributed by atoms with Crippen molar-refractivity contribution >= 4 is 35.5 Å². The maximum atomic E-state index is 12.6. The van der Waals surface area contributed by atoms with Gasteiger partial charge in [-0.05, 0) is 18.2 Å². The lowest BCUT2D eigenvalue weighted by Crippen LogP contribution is -2.40. The molecule has 2 aromatic heterocycles. The fourth-order valence-corrected chi connectivity index (χ4v) is 3.10. The number of fused-ring (bicyclic) bond motifs is 1. The van der Waals surface area contributed by atoms with E-state index in [0.717, 1.165) is 5.56 Å². The molecule has 1 saturated heterocycles. The number of esters is 1. The van der Waals surface area contributed by atoms with Gasteiger partial charge in [0.05, 0.1) is 19.8 Å². The number of nitrogens with one attached hydrogen (secondary N) is 1. The number of nitrogens with zero attached hydrogens (tertiary/aromatic N) is 3. The molecule has 0 aromatic carbocycles. The minimum atomic E-state index is -0.712. The second-order valence-corrected chi connectivity index (χ2v) is 6.59. The Morgan fingerprint density at radius 3 is 3.00 bits per heavy atom. The van der Waals surface area contributed by atoms with Gasteiger partial charge in [-0.3, -0.25) is 5.43 Å². The number of rotatable bonds is 7. The van der Waals surface area contributed by atoms with Gasteiger partial charge in [0.25, 0.3) is 0 Å². The summed E-state index contributed by atoms with van der Waals surface area (Å²) >= 11 is 0. The average molecular weight is 414 g/mol. The molecule has 0 spiro atoms. The number of carbonyl (C=O) groups excluding carboxylic acids is 1. The quantitative estimate of drug-likeness (QED) is 0.518.